The third-order valence-corrected chi connectivity index (χ3v) is 3.20. The van der Waals surface area contributed by atoms with E-state index in [1.54, 1.807) is 6.08 Å². The van der Waals surface area contributed by atoms with Crippen molar-refractivity contribution in [1.82, 2.24) is 4.90 Å². The van der Waals surface area contributed by atoms with Crippen molar-refractivity contribution in [3.63, 3.8) is 0 Å². The summed E-state index contributed by atoms with van der Waals surface area (Å²) in [5, 5.41) is 0.729. The zero-order valence-electron chi connectivity index (χ0n) is 10.8. The maximum atomic E-state index is 12.1. The van der Waals surface area contributed by atoms with Crippen LogP contribution in [0.5, 0.6) is 0 Å². The van der Waals surface area contributed by atoms with Gasteiger partial charge in [0.05, 0.1) is 0 Å². The van der Waals surface area contributed by atoms with Crippen LogP contribution in [0.1, 0.15) is 32.3 Å². The van der Waals surface area contributed by atoms with E-state index in [-0.39, 0.29) is 5.91 Å². The molecule has 0 saturated heterocycles. The van der Waals surface area contributed by atoms with Crippen LogP contribution in [0.15, 0.2) is 35.9 Å². The molecule has 1 aliphatic carbocycles. The molecule has 96 valence electrons. The molecule has 2 rings (SSSR count). The molecule has 0 atom stereocenters. The molecule has 1 aromatic carbocycles. The van der Waals surface area contributed by atoms with Crippen molar-refractivity contribution in [2.75, 3.05) is 0 Å². The Bertz CT molecular complexity index is 456. The molecule has 0 aromatic heterocycles. The van der Waals surface area contributed by atoms with Crippen molar-refractivity contribution in [2.45, 2.75) is 39.3 Å². The summed E-state index contributed by atoms with van der Waals surface area (Å²) in [7, 11) is 0. The lowest BCUT2D eigenvalue weighted by atomic mass is 10.2. The highest BCUT2D eigenvalue weighted by Crippen LogP contribution is 2.29. The molecule has 0 spiro atoms. The van der Waals surface area contributed by atoms with Crippen LogP contribution >= 0.6 is 11.6 Å². The largest absolute Gasteiger partial charge is 0.332 e. The number of halogens is 1. The summed E-state index contributed by atoms with van der Waals surface area (Å²) in [5.41, 5.74) is 2.17. The van der Waals surface area contributed by atoms with Gasteiger partial charge in [0, 0.05) is 23.7 Å². The molecule has 18 heavy (non-hydrogen) atoms. The molecule has 1 aromatic rings. The minimum absolute atomic E-state index is 0.118. The lowest BCUT2D eigenvalue weighted by molar-refractivity contribution is -0.127. The van der Waals surface area contributed by atoms with Crippen molar-refractivity contribution >= 4 is 17.5 Å². The van der Waals surface area contributed by atoms with E-state index in [2.05, 4.69) is 0 Å². The quantitative estimate of drug-likeness (QED) is 0.757. The van der Waals surface area contributed by atoms with Gasteiger partial charge in [-0.2, -0.15) is 0 Å². The highest BCUT2D eigenvalue weighted by Gasteiger charge is 2.31. The first-order chi connectivity index (χ1) is 8.56. The lowest BCUT2D eigenvalue weighted by Gasteiger charge is -2.21. The smallest absolute Gasteiger partial charge is 0.247 e. The second kappa shape index (κ2) is 5.57. The van der Waals surface area contributed by atoms with Crippen molar-refractivity contribution in [1.29, 1.82) is 0 Å². The van der Waals surface area contributed by atoms with Gasteiger partial charge < -0.3 is 4.90 Å². The summed E-state index contributed by atoms with van der Waals surface area (Å²) in [5.74, 6) is 0.118. The van der Waals surface area contributed by atoms with Gasteiger partial charge in [0.1, 0.15) is 0 Å². The van der Waals surface area contributed by atoms with Gasteiger partial charge in [0.2, 0.25) is 5.91 Å². The summed E-state index contributed by atoms with van der Waals surface area (Å²) >= 11 is 5.86. The number of hydrogen-bond donors (Lipinski definition) is 0. The first-order valence-corrected chi connectivity index (χ1v) is 6.64. The van der Waals surface area contributed by atoms with Gasteiger partial charge in [0.25, 0.3) is 0 Å². The molecule has 3 heteroatoms. The summed E-state index contributed by atoms with van der Waals surface area (Å²) in [6.45, 7) is 4.57. The minimum atomic E-state index is 0.118. The molecule has 1 saturated carbocycles. The van der Waals surface area contributed by atoms with E-state index in [4.69, 9.17) is 11.6 Å². The molecule has 0 bridgehead atoms. The van der Waals surface area contributed by atoms with E-state index < -0.39 is 0 Å². The van der Waals surface area contributed by atoms with E-state index >= 15 is 0 Å². The molecule has 1 aliphatic rings. The lowest BCUT2D eigenvalue weighted by Crippen LogP contribution is -2.31. The standard InChI is InChI=1S/C15H18ClNO/c1-11(2)9-15(18)17(14-7-8-14)10-12-3-5-13(16)6-4-12/h3-6,9,14H,7-8,10H2,1-2H3. The van der Waals surface area contributed by atoms with Gasteiger partial charge in [0.15, 0.2) is 0 Å². The molecule has 0 unspecified atom stereocenters. The normalized spacial score (nSPS) is 14.2. The van der Waals surface area contributed by atoms with Crippen molar-refractivity contribution in [3.8, 4) is 0 Å². The number of amides is 1. The fourth-order valence-corrected chi connectivity index (χ4v) is 2.02. The van der Waals surface area contributed by atoms with Gasteiger partial charge in [-0.25, -0.2) is 0 Å². The maximum absolute atomic E-state index is 12.1. The molecule has 0 N–H and O–H groups in total. The SMILES string of the molecule is CC(C)=CC(=O)N(Cc1ccc(Cl)cc1)C1CC1. The van der Waals surface area contributed by atoms with Crippen LogP contribution in [0.25, 0.3) is 0 Å². The van der Waals surface area contributed by atoms with E-state index in [9.17, 15) is 4.79 Å². The van der Waals surface area contributed by atoms with E-state index in [0.717, 1.165) is 29.0 Å². The number of carbonyl (C=O) groups excluding carboxylic acids is 1. The summed E-state index contributed by atoms with van der Waals surface area (Å²) in [4.78, 5) is 14.1. The second-order valence-electron chi connectivity index (χ2n) is 5.05. The fourth-order valence-electron chi connectivity index (χ4n) is 1.89. The molecule has 1 amide bonds. The van der Waals surface area contributed by atoms with Crippen LogP contribution in [-0.4, -0.2) is 16.8 Å². The molecule has 0 heterocycles. The third kappa shape index (κ3) is 3.61. The number of nitrogens with zero attached hydrogens (tertiary/aromatic N) is 1. The summed E-state index contributed by atoms with van der Waals surface area (Å²) in [6, 6.07) is 8.12. The first-order valence-electron chi connectivity index (χ1n) is 6.26. The van der Waals surface area contributed by atoms with Gasteiger partial charge in [-0.15, -0.1) is 0 Å². The first kappa shape index (κ1) is 13.2. The molecular formula is C15H18ClNO. The summed E-state index contributed by atoms with van der Waals surface area (Å²) < 4.78 is 0. The predicted octanol–water partition coefficient (Wildman–Crippen LogP) is 3.80. The Kier molecular flexibility index (Phi) is 4.07. The van der Waals surface area contributed by atoms with Gasteiger partial charge in [-0.1, -0.05) is 29.3 Å². The molecular weight excluding hydrogens is 246 g/mol. The second-order valence-corrected chi connectivity index (χ2v) is 5.48. The van der Waals surface area contributed by atoms with Crippen LogP contribution in [-0.2, 0) is 11.3 Å². The number of hydrogen-bond acceptors (Lipinski definition) is 1. The zero-order valence-corrected chi connectivity index (χ0v) is 11.6. The Morgan fingerprint density at radius 1 is 1.33 bits per heavy atom. The predicted molar refractivity (Wildman–Crippen MR) is 74.5 cm³/mol. The Hall–Kier alpha value is -1.28. The minimum Gasteiger partial charge on any atom is -0.332 e. The average Bonchev–Trinajstić information content (AvgIpc) is 3.11. The van der Waals surface area contributed by atoms with E-state index in [1.807, 2.05) is 43.0 Å². The topological polar surface area (TPSA) is 20.3 Å². The van der Waals surface area contributed by atoms with Crippen LogP contribution in [0.2, 0.25) is 5.02 Å². The molecule has 0 aliphatic heterocycles. The van der Waals surface area contributed by atoms with Crippen LogP contribution in [0.3, 0.4) is 0 Å². The zero-order chi connectivity index (χ0) is 13.1. The number of rotatable bonds is 4. The third-order valence-electron chi connectivity index (χ3n) is 2.95. The highest BCUT2D eigenvalue weighted by molar-refractivity contribution is 6.30. The van der Waals surface area contributed by atoms with E-state index in [1.165, 1.54) is 0 Å². The van der Waals surface area contributed by atoms with Crippen molar-refractivity contribution in [2.24, 2.45) is 0 Å². The van der Waals surface area contributed by atoms with Gasteiger partial charge in [-0.05, 0) is 44.4 Å². The summed E-state index contributed by atoms with van der Waals surface area (Å²) in [6.07, 6.45) is 3.96. The monoisotopic (exact) mass is 263 g/mol. The molecule has 0 radical (unpaired) electrons. The van der Waals surface area contributed by atoms with E-state index in [0.29, 0.717) is 12.6 Å². The van der Waals surface area contributed by atoms with Crippen molar-refractivity contribution in [3.05, 3.63) is 46.5 Å². The maximum Gasteiger partial charge on any atom is 0.247 e. The Labute approximate surface area is 113 Å². The van der Waals surface area contributed by atoms with Gasteiger partial charge in [-0.3, -0.25) is 4.79 Å². The van der Waals surface area contributed by atoms with Crippen LogP contribution in [0.4, 0.5) is 0 Å². The number of benzene rings is 1. The number of carbonyl (C=O) groups is 1. The Balaban J connectivity index is 2.09. The molecule has 1 fully saturated rings. The van der Waals surface area contributed by atoms with Crippen molar-refractivity contribution < 1.29 is 4.79 Å². The fraction of sp³-hybridized carbons (Fsp3) is 0.400. The van der Waals surface area contributed by atoms with Gasteiger partial charge >= 0.3 is 0 Å². The molecule has 2 nitrogen and oxygen atoms in total. The number of allylic oxidation sites excluding steroid dienone is 1. The van der Waals surface area contributed by atoms with Crippen LogP contribution < -0.4 is 0 Å². The average molecular weight is 264 g/mol. The highest BCUT2D eigenvalue weighted by atomic mass is 35.5. The van der Waals surface area contributed by atoms with Crippen LogP contribution in [0, 0.1) is 0 Å². The Morgan fingerprint density at radius 2 is 1.94 bits per heavy atom. The Morgan fingerprint density at radius 3 is 2.44 bits per heavy atom.